The molecule has 2 aromatic carbocycles. The maximum Gasteiger partial charge on any atom is -0.00529 e. The van der Waals surface area contributed by atoms with Gasteiger partial charge in [-0.15, -0.1) is 0 Å². The minimum atomic E-state index is 0.916. The number of hydrogen-bond donors (Lipinski definition) is 0. The summed E-state index contributed by atoms with van der Waals surface area (Å²) in [5.74, 6) is 3.88. The van der Waals surface area contributed by atoms with Crippen molar-refractivity contribution >= 4 is 10.8 Å². The van der Waals surface area contributed by atoms with E-state index in [1.165, 1.54) is 35.8 Å². The molecule has 3 aliphatic rings. The summed E-state index contributed by atoms with van der Waals surface area (Å²) in [4.78, 5) is 0. The first-order chi connectivity index (χ1) is 9.24. The molecule has 0 amide bonds. The van der Waals surface area contributed by atoms with E-state index in [-0.39, 0.29) is 0 Å². The minimum Gasteiger partial charge on any atom is -0.0578 e. The van der Waals surface area contributed by atoms with Crippen molar-refractivity contribution in [1.29, 1.82) is 0 Å². The van der Waals surface area contributed by atoms with E-state index in [1.54, 1.807) is 16.5 Å². The molecule has 0 nitrogen and oxygen atoms in total. The van der Waals surface area contributed by atoms with Gasteiger partial charge in [0.25, 0.3) is 0 Å². The van der Waals surface area contributed by atoms with Crippen LogP contribution in [0.4, 0.5) is 0 Å². The van der Waals surface area contributed by atoms with Crippen LogP contribution in [0.5, 0.6) is 0 Å². The first kappa shape index (κ1) is 10.5. The van der Waals surface area contributed by atoms with E-state index in [1.807, 2.05) is 0 Å². The third kappa shape index (κ3) is 1.12. The van der Waals surface area contributed by atoms with Gasteiger partial charge in [0.1, 0.15) is 0 Å². The van der Waals surface area contributed by atoms with Crippen LogP contribution in [0.3, 0.4) is 0 Å². The Kier molecular flexibility index (Phi) is 1.78. The average Bonchev–Trinajstić information content (AvgIpc) is 2.92. The maximum absolute atomic E-state index is 2.45. The van der Waals surface area contributed by atoms with E-state index in [2.05, 4.69) is 38.1 Å². The lowest BCUT2D eigenvalue weighted by Gasteiger charge is -2.43. The van der Waals surface area contributed by atoms with Crippen LogP contribution >= 0.6 is 0 Å². The Labute approximate surface area is 114 Å². The zero-order chi connectivity index (χ0) is 12.7. The topological polar surface area (TPSA) is 0 Å². The molecule has 0 aromatic heterocycles. The summed E-state index contributed by atoms with van der Waals surface area (Å²) in [6, 6.07) is 9.63. The predicted molar refractivity (Wildman–Crippen MR) is 79.7 cm³/mol. The van der Waals surface area contributed by atoms with Gasteiger partial charge in [-0.3, -0.25) is 0 Å². The van der Waals surface area contributed by atoms with Gasteiger partial charge in [0.05, 0.1) is 0 Å². The Hall–Kier alpha value is -1.30. The van der Waals surface area contributed by atoms with E-state index < -0.39 is 0 Å². The fraction of sp³-hybridized carbons (Fsp3) is 0.474. The summed E-state index contributed by atoms with van der Waals surface area (Å²) in [5, 5.41) is 3.03. The molecular formula is C19H20. The lowest BCUT2D eigenvalue weighted by atomic mass is 9.60. The minimum absolute atomic E-state index is 0.916. The van der Waals surface area contributed by atoms with Gasteiger partial charge in [-0.1, -0.05) is 24.3 Å². The first-order valence-corrected chi connectivity index (χ1v) is 7.78. The number of hydrogen-bond acceptors (Lipinski definition) is 0. The molecule has 4 atom stereocenters. The molecular weight excluding hydrogens is 228 g/mol. The molecule has 5 rings (SSSR count). The molecule has 96 valence electrons. The van der Waals surface area contributed by atoms with Gasteiger partial charge >= 0.3 is 0 Å². The fourth-order valence-electron chi connectivity index (χ4n) is 5.36. The summed E-state index contributed by atoms with van der Waals surface area (Å²) in [6.45, 7) is 4.49. The highest BCUT2D eigenvalue weighted by atomic mass is 14.6. The van der Waals surface area contributed by atoms with Crippen LogP contribution in [0.2, 0.25) is 0 Å². The van der Waals surface area contributed by atoms with Gasteiger partial charge in [-0.25, -0.2) is 0 Å². The number of rotatable bonds is 0. The van der Waals surface area contributed by atoms with Crippen molar-refractivity contribution in [2.24, 2.45) is 11.8 Å². The highest BCUT2D eigenvalue weighted by molar-refractivity contribution is 5.91. The van der Waals surface area contributed by atoms with Crippen LogP contribution in [0.15, 0.2) is 24.3 Å². The van der Waals surface area contributed by atoms with Crippen LogP contribution in [0.25, 0.3) is 10.8 Å². The van der Waals surface area contributed by atoms with Crippen molar-refractivity contribution in [2.45, 2.75) is 44.9 Å². The van der Waals surface area contributed by atoms with Gasteiger partial charge in [-0.05, 0) is 89.8 Å². The zero-order valence-corrected chi connectivity index (χ0v) is 11.7. The fourth-order valence-corrected chi connectivity index (χ4v) is 5.36. The predicted octanol–water partition coefficient (Wildman–Crippen LogP) is 5.07. The lowest BCUT2D eigenvalue weighted by molar-refractivity contribution is 0.325. The summed E-state index contributed by atoms with van der Waals surface area (Å²) < 4.78 is 0. The van der Waals surface area contributed by atoms with Crippen molar-refractivity contribution in [3.05, 3.63) is 46.5 Å². The average molecular weight is 248 g/mol. The molecule has 0 N–H and O–H groups in total. The smallest absolute Gasteiger partial charge is 0.00529 e. The second-order valence-corrected chi connectivity index (χ2v) is 7.11. The quantitative estimate of drug-likeness (QED) is 0.610. The van der Waals surface area contributed by atoms with Crippen LogP contribution in [0, 0.1) is 25.7 Å². The Bertz CT molecular complexity index is 710. The van der Waals surface area contributed by atoms with Gasteiger partial charge in [0, 0.05) is 0 Å². The summed E-state index contributed by atoms with van der Waals surface area (Å²) in [6.07, 6.45) is 4.50. The second-order valence-electron chi connectivity index (χ2n) is 7.11. The van der Waals surface area contributed by atoms with Crippen LogP contribution in [-0.2, 0) is 0 Å². The van der Waals surface area contributed by atoms with Gasteiger partial charge < -0.3 is 0 Å². The van der Waals surface area contributed by atoms with Crippen LogP contribution < -0.4 is 0 Å². The lowest BCUT2D eigenvalue weighted by Crippen LogP contribution is -2.29. The molecule has 0 spiro atoms. The normalized spacial score (nSPS) is 34.2. The molecule has 0 heteroatoms. The highest BCUT2D eigenvalue weighted by Gasteiger charge is 2.55. The van der Waals surface area contributed by atoms with Crippen molar-refractivity contribution < 1.29 is 0 Å². The number of aryl methyl sites for hydroxylation is 2. The first-order valence-electron chi connectivity index (χ1n) is 7.78. The largest absolute Gasteiger partial charge is 0.0578 e. The molecule has 2 fully saturated rings. The molecule has 2 bridgehead atoms. The zero-order valence-electron chi connectivity index (χ0n) is 11.7. The Balaban J connectivity index is 1.80. The van der Waals surface area contributed by atoms with E-state index >= 15 is 0 Å². The summed E-state index contributed by atoms with van der Waals surface area (Å²) in [7, 11) is 0. The van der Waals surface area contributed by atoms with Crippen molar-refractivity contribution in [3.63, 3.8) is 0 Å². The molecule has 0 unspecified atom stereocenters. The number of benzene rings is 2. The summed E-state index contributed by atoms with van der Waals surface area (Å²) in [5.41, 5.74) is 6.31. The van der Waals surface area contributed by atoms with Gasteiger partial charge in [-0.2, -0.15) is 0 Å². The molecule has 3 aliphatic carbocycles. The third-order valence-electron chi connectivity index (χ3n) is 6.32. The maximum atomic E-state index is 2.45. The van der Waals surface area contributed by atoms with E-state index in [0.717, 1.165) is 23.7 Å². The van der Waals surface area contributed by atoms with Crippen molar-refractivity contribution in [2.75, 3.05) is 0 Å². The Morgan fingerprint density at radius 2 is 1.63 bits per heavy atom. The number of fused-ring (bicyclic) bond motifs is 10. The molecule has 0 aliphatic heterocycles. The van der Waals surface area contributed by atoms with Gasteiger partial charge in [0.15, 0.2) is 0 Å². The molecule has 0 heterocycles. The molecule has 0 radical (unpaired) electrons. The standard InChI is InChI=1S/C19H20/c1-10-7-12-5-6-15-17-13-3-4-14(9-13)18(17)19(15)16(12)8-11(10)2/h5-8,13-14,17-18H,3-4,9H2,1-2H3/t13-,14+,17-,18-/m0/s1. The van der Waals surface area contributed by atoms with Crippen LogP contribution in [-0.4, -0.2) is 0 Å². The van der Waals surface area contributed by atoms with Crippen molar-refractivity contribution in [1.82, 2.24) is 0 Å². The molecule has 2 aromatic rings. The van der Waals surface area contributed by atoms with Crippen LogP contribution in [0.1, 0.15) is 53.4 Å². The Morgan fingerprint density at radius 3 is 2.47 bits per heavy atom. The monoisotopic (exact) mass is 248 g/mol. The van der Waals surface area contributed by atoms with Crippen molar-refractivity contribution in [3.8, 4) is 0 Å². The Morgan fingerprint density at radius 1 is 0.895 bits per heavy atom. The van der Waals surface area contributed by atoms with E-state index in [4.69, 9.17) is 0 Å². The molecule has 2 saturated carbocycles. The van der Waals surface area contributed by atoms with E-state index in [0.29, 0.717) is 0 Å². The molecule has 0 saturated heterocycles. The van der Waals surface area contributed by atoms with Gasteiger partial charge in [0.2, 0.25) is 0 Å². The third-order valence-corrected chi connectivity index (χ3v) is 6.32. The summed E-state index contributed by atoms with van der Waals surface area (Å²) >= 11 is 0. The molecule has 19 heavy (non-hydrogen) atoms. The highest BCUT2D eigenvalue weighted by Crippen LogP contribution is 2.68. The van der Waals surface area contributed by atoms with E-state index in [9.17, 15) is 0 Å². The SMILES string of the molecule is Cc1cc2ccc3c(c2cc1C)[C@H]1[C@@H]2CC[C@@H](C2)[C@@H]31. The second kappa shape index (κ2) is 3.23.